The molecule has 0 saturated heterocycles. The minimum atomic E-state index is 0.397. The number of anilines is 1. The third-order valence-corrected chi connectivity index (χ3v) is 4.08. The van der Waals surface area contributed by atoms with E-state index in [1.807, 2.05) is 18.2 Å². The number of hydrogen-bond acceptors (Lipinski definition) is 3. The first-order valence-corrected chi connectivity index (χ1v) is 7.90. The number of methoxy groups -OCH3 is 1. The van der Waals surface area contributed by atoms with E-state index in [-0.39, 0.29) is 0 Å². The monoisotopic (exact) mass is 357 g/mol. The molecule has 1 aromatic heterocycles. The number of nitrogens with one attached hydrogen (secondary N) is 1. The molecule has 2 aromatic carbocycles. The summed E-state index contributed by atoms with van der Waals surface area (Å²) < 4.78 is 5.16. The Labute approximate surface area is 149 Å². The van der Waals surface area contributed by atoms with Gasteiger partial charge in [0.25, 0.3) is 0 Å². The highest BCUT2D eigenvalue weighted by molar-refractivity contribution is 6.32. The molecule has 0 spiro atoms. The first-order valence-electron chi connectivity index (χ1n) is 7.15. The zero-order chi connectivity index (χ0) is 17.1. The minimum absolute atomic E-state index is 0.397. The highest BCUT2D eigenvalue weighted by atomic mass is 35.5. The Morgan fingerprint density at radius 3 is 2.71 bits per heavy atom. The average molecular weight is 358 g/mol. The number of benzene rings is 2. The van der Waals surface area contributed by atoms with E-state index in [4.69, 9.17) is 34.5 Å². The number of nitrogens with zero attached hydrogens (tertiary/aromatic N) is 2. The van der Waals surface area contributed by atoms with Gasteiger partial charge in [0.05, 0.1) is 24.2 Å². The molecule has 0 aliphatic rings. The summed E-state index contributed by atoms with van der Waals surface area (Å²) >= 11 is 12.2. The van der Waals surface area contributed by atoms with Gasteiger partial charge in [-0.2, -0.15) is 0 Å². The van der Waals surface area contributed by atoms with Crippen LogP contribution in [0.2, 0.25) is 10.2 Å². The Balaban J connectivity index is 1.92. The molecule has 0 aliphatic carbocycles. The van der Waals surface area contributed by atoms with Crippen LogP contribution in [-0.2, 0) is 6.54 Å². The van der Waals surface area contributed by atoms with Crippen LogP contribution >= 0.6 is 23.2 Å². The minimum Gasteiger partial charge on any atom is -0.495 e. The van der Waals surface area contributed by atoms with Gasteiger partial charge >= 0.3 is 0 Å². The van der Waals surface area contributed by atoms with Crippen LogP contribution in [0.25, 0.3) is 15.7 Å². The Morgan fingerprint density at radius 2 is 2.00 bits per heavy atom. The number of rotatable bonds is 4. The van der Waals surface area contributed by atoms with Gasteiger partial charge in [-0.1, -0.05) is 35.3 Å². The Bertz CT molecular complexity index is 951. The summed E-state index contributed by atoms with van der Waals surface area (Å²) in [6, 6.07) is 12.7. The third kappa shape index (κ3) is 3.38. The van der Waals surface area contributed by atoms with Gasteiger partial charge < -0.3 is 10.1 Å². The second kappa shape index (κ2) is 6.96. The summed E-state index contributed by atoms with van der Waals surface area (Å²) in [6.45, 7) is 7.72. The SMILES string of the molecule is [C-]#[N+]c1ccc2nc(Cl)cc(NCc3ccc(OC)c(Cl)c3)c2c1. The van der Waals surface area contributed by atoms with Crippen LogP contribution in [0.15, 0.2) is 42.5 Å². The van der Waals surface area contributed by atoms with Crippen LogP contribution in [0.3, 0.4) is 0 Å². The molecule has 1 N–H and O–H groups in total. The van der Waals surface area contributed by atoms with Crippen molar-refractivity contribution < 1.29 is 4.74 Å². The van der Waals surface area contributed by atoms with Crippen molar-refractivity contribution in [2.75, 3.05) is 12.4 Å². The van der Waals surface area contributed by atoms with Crippen LogP contribution in [0.4, 0.5) is 11.4 Å². The van der Waals surface area contributed by atoms with E-state index in [2.05, 4.69) is 15.1 Å². The zero-order valence-electron chi connectivity index (χ0n) is 12.8. The van der Waals surface area contributed by atoms with Crippen molar-refractivity contribution >= 4 is 45.5 Å². The second-order valence-electron chi connectivity index (χ2n) is 5.13. The lowest BCUT2D eigenvalue weighted by Crippen LogP contribution is -2.01. The number of aromatic nitrogens is 1. The maximum Gasteiger partial charge on any atom is 0.188 e. The standard InChI is InChI=1S/C18H13Cl2N3O/c1-21-12-4-5-15-13(8-12)16(9-18(20)23-15)22-10-11-3-6-17(24-2)14(19)7-11/h3-9H,10H2,2H3,(H,22,23). The molecule has 0 aliphatic heterocycles. The van der Waals surface area contributed by atoms with Gasteiger partial charge in [-0.05, 0) is 35.9 Å². The van der Waals surface area contributed by atoms with Crippen molar-refractivity contribution in [3.63, 3.8) is 0 Å². The molecule has 0 atom stereocenters. The molecule has 1 heterocycles. The Morgan fingerprint density at radius 1 is 1.17 bits per heavy atom. The summed E-state index contributed by atoms with van der Waals surface area (Å²) in [5.74, 6) is 0.638. The molecule has 6 heteroatoms. The van der Waals surface area contributed by atoms with Crippen molar-refractivity contribution in [3.05, 3.63) is 69.6 Å². The molecule has 4 nitrogen and oxygen atoms in total. The first kappa shape index (κ1) is 16.4. The van der Waals surface area contributed by atoms with Crippen LogP contribution < -0.4 is 10.1 Å². The molecule has 0 saturated carbocycles. The first-order chi connectivity index (χ1) is 11.6. The lowest BCUT2D eigenvalue weighted by Gasteiger charge is -2.12. The fourth-order valence-electron chi connectivity index (χ4n) is 2.41. The molecule has 0 unspecified atom stereocenters. The second-order valence-corrected chi connectivity index (χ2v) is 5.92. The van der Waals surface area contributed by atoms with Crippen LogP contribution in [0.1, 0.15) is 5.56 Å². The van der Waals surface area contributed by atoms with E-state index in [0.717, 1.165) is 22.2 Å². The van der Waals surface area contributed by atoms with Crippen LogP contribution in [0.5, 0.6) is 5.75 Å². The summed E-state index contributed by atoms with van der Waals surface area (Å²) in [5, 5.41) is 5.14. The number of halogens is 2. The van der Waals surface area contributed by atoms with Crippen LogP contribution in [0, 0.1) is 6.57 Å². The van der Waals surface area contributed by atoms with E-state index in [0.29, 0.717) is 28.2 Å². The number of pyridine rings is 1. The van der Waals surface area contributed by atoms with Gasteiger partial charge in [-0.25, -0.2) is 9.83 Å². The predicted octanol–water partition coefficient (Wildman–Crippen LogP) is 5.71. The van der Waals surface area contributed by atoms with Crippen LogP contribution in [-0.4, -0.2) is 12.1 Å². The molecule has 0 radical (unpaired) electrons. The van der Waals surface area contributed by atoms with Gasteiger partial charge in [0.1, 0.15) is 10.9 Å². The van der Waals surface area contributed by atoms with Gasteiger partial charge in [0, 0.05) is 17.6 Å². The lowest BCUT2D eigenvalue weighted by molar-refractivity contribution is 0.415. The zero-order valence-corrected chi connectivity index (χ0v) is 14.3. The van der Waals surface area contributed by atoms with E-state index < -0.39 is 0 Å². The van der Waals surface area contributed by atoms with Gasteiger partial charge in [0.2, 0.25) is 0 Å². The van der Waals surface area contributed by atoms with Crippen molar-refractivity contribution in [3.8, 4) is 5.75 Å². The fourth-order valence-corrected chi connectivity index (χ4v) is 2.89. The Hall–Kier alpha value is -2.48. The van der Waals surface area contributed by atoms with E-state index in [1.54, 1.807) is 31.4 Å². The molecule has 24 heavy (non-hydrogen) atoms. The quantitative estimate of drug-likeness (QED) is 0.479. The molecular formula is C18H13Cl2N3O. The predicted molar refractivity (Wildman–Crippen MR) is 98.3 cm³/mol. The van der Waals surface area contributed by atoms with Crippen molar-refractivity contribution in [1.29, 1.82) is 0 Å². The van der Waals surface area contributed by atoms with Gasteiger partial charge in [0.15, 0.2) is 5.69 Å². The summed E-state index contributed by atoms with van der Waals surface area (Å²) in [7, 11) is 1.58. The molecule has 3 rings (SSSR count). The topological polar surface area (TPSA) is 38.5 Å². The van der Waals surface area contributed by atoms with Gasteiger partial charge in [-0.15, -0.1) is 0 Å². The molecule has 3 aromatic rings. The molecule has 0 fully saturated rings. The Kier molecular flexibility index (Phi) is 4.75. The number of ether oxygens (including phenoxy) is 1. The molecule has 120 valence electrons. The smallest absolute Gasteiger partial charge is 0.188 e. The fraction of sp³-hybridized carbons (Fsp3) is 0.111. The molecule has 0 bridgehead atoms. The number of hydrogen-bond donors (Lipinski definition) is 1. The summed E-state index contributed by atoms with van der Waals surface area (Å²) in [5.41, 5.74) is 3.12. The van der Waals surface area contributed by atoms with E-state index in [9.17, 15) is 0 Å². The average Bonchev–Trinajstić information content (AvgIpc) is 2.59. The van der Waals surface area contributed by atoms with Crippen molar-refractivity contribution in [2.45, 2.75) is 6.54 Å². The van der Waals surface area contributed by atoms with Gasteiger partial charge in [-0.3, -0.25) is 0 Å². The third-order valence-electron chi connectivity index (χ3n) is 3.59. The summed E-state index contributed by atoms with van der Waals surface area (Å²) in [6.07, 6.45) is 0. The lowest BCUT2D eigenvalue weighted by atomic mass is 10.1. The molecule has 0 amide bonds. The number of fused-ring (bicyclic) bond motifs is 1. The molecular weight excluding hydrogens is 345 g/mol. The van der Waals surface area contributed by atoms with Crippen molar-refractivity contribution in [1.82, 2.24) is 4.98 Å². The highest BCUT2D eigenvalue weighted by Crippen LogP contribution is 2.30. The maximum absolute atomic E-state index is 7.16. The van der Waals surface area contributed by atoms with E-state index in [1.165, 1.54) is 0 Å². The highest BCUT2D eigenvalue weighted by Gasteiger charge is 2.07. The summed E-state index contributed by atoms with van der Waals surface area (Å²) in [4.78, 5) is 7.75. The largest absolute Gasteiger partial charge is 0.495 e. The van der Waals surface area contributed by atoms with Crippen molar-refractivity contribution in [2.24, 2.45) is 0 Å². The maximum atomic E-state index is 7.16. The van der Waals surface area contributed by atoms with E-state index >= 15 is 0 Å². The normalized spacial score (nSPS) is 10.4.